The number of hydrogen-bond acceptors (Lipinski definition) is 7. The molecular weight excluding hydrogens is 160 g/mol. The van der Waals surface area contributed by atoms with E-state index >= 15 is 0 Å². The van der Waals surface area contributed by atoms with Crippen molar-refractivity contribution in [2.24, 2.45) is 0 Å². The molecule has 0 radical (unpaired) electrons. The fourth-order valence-electron chi connectivity index (χ4n) is 0.200. The van der Waals surface area contributed by atoms with Crippen molar-refractivity contribution in [3.8, 4) is 0 Å². The van der Waals surface area contributed by atoms with Gasteiger partial charge in [0.05, 0.1) is 0 Å². The summed E-state index contributed by atoms with van der Waals surface area (Å²) in [6, 6.07) is 0. The van der Waals surface area contributed by atoms with Gasteiger partial charge in [-0.05, 0) is 0 Å². The summed E-state index contributed by atoms with van der Waals surface area (Å²) in [5.41, 5.74) is 0. The van der Waals surface area contributed by atoms with Gasteiger partial charge in [0, 0.05) is 0 Å². The van der Waals surface area contributed by atoms with Crippen LogP contribution in [-0.4, -0.2) is 78.6 Å². The van der Waals surface area contributed by atoms with Crippen molar-refractivity contribution in [2.45, 2.75) is 0 Å². The van der Waals surface area contributed by atoms with Gasteiger partial charge in [-0.3, -0.25) is 0 Å². The number of carbonyl (C=O) groups excluding carboxylic acids is 1. The Kier molecular flexibility index (Phi) is 14.5. The average Bonchev–Trinajstić information content (AvgIpc) is 1.58. The van der Waals surface area contributed by atoms with Crippen LogP contribution in [0.4, 0.5) is 4.79 Å². The Morgan fingerprint density at radius 2 is 1.17 bits per heavy atom. The second-order valence-electron chi connectivity index (χ2n) is 1.14. The van der Waals surface area contributed by atoms with Crippen LogP contribution in [0.5, 0.6) is 0 Å². The Hall–Kier alpha value is 0.435. The summed E-state index contributed by atoms with van der Waals surface area (Å²) in [5, 5.41) is 31.6. The number of carbonyl (C=O) groups is 1. The first-order valence-electron chi connectivity index (χ1n) is 2.12. The fraction of sp³-hybridized carbons (Fsp3) is 0. The van der Waals surface area contributed by atoms with Crippen LogP contribution in [0.15, 0.2) is 0 Å². The van der Waals surface area contributed by atoms with Crippen LogP contribution < -0.4 is 0 Å². The second-order valence-corrected chi connectivity index (χ2v) is 1.14. The van der Waals surface area contributed by atoms with Gasteiger partial charge >= 0.3 is 58.5 Å². The normalized spacial score (nSPS) is 7.00. The molecule has 0 aliphatic carbocycles. The van der Waals surface area contributed by atoms with Crippen molar-refractivity contribution in [1.29, 1.82) is 0 Å². The second kappa shape index (κ2) is 9.52. The first kappa shape index (κ1) is 18.3. The van der Waals surface area contributed by atoms with E-state index in [1.54, 1.807) is 0 Å². The fourth-order valence-corrected chi connectivity index (χ4v) is 0.200. The molecule has 0 saturated carbocycles. The Bertz CT molecular complexity index is 106. The maximum absolute atomic E-state index is 9.98. The Morgan fingerprint density at radius 1 is 0.917 bits per heavy atom. The zero-order valence-corrected chi connectivity index (χ0v) is 4.67. The molecule has 4 N–H and O–H groups in total. The maximum atomic E-state index is 9.98. The summed E-state index contributed by atoms with van der Waals surface area (Å²) in [5.74, 6) is 0. The van der Waals surface area contributed by atoms with Gasteiger partial charge in [0.25, 0.3) is 0 Å². The summed E-state index contributed by atoms with van der Waals surface area (Å²) in [6.07, 6.45) is -1.59. The molecule has 0 fully saturated rings. The number of rotatable bonds is 2. The van der Waals surface area contributed by atoms with E-state index in [9.17, 15) is 4.79 Å². The van der Waals surface area contributed by atoms with E-state index in [4.69, 9.17) is 20.1 Å². The molecule has 60 valence electrons. The van der Waals surface area contributed by atoms with E-state index in [1.165, 1.54) is 0 Å². The van der Waals surface area contributed by atoms with Crippen LogP contribution in [0.3, 0.4) is 0 Å². The monoisotopic (exact) mass is 166 g/mol. The molecule has 0 amide bonds. The van der Waals surface area contributed by atoms with Gasteiger partial charge in [-0.2, -0.15) is 0 Å². The predicted molar refractivity (Wildman–Crippen MR) is 42.2 cm³/mol. The third-order valence-electron chi connectivity index (χ3n) is 0.403. The van der Waals surface area contributed by atoms with E-state index in [2.05, 4.69) is 9.31 Å². The third kappa shape index (κ3) is 13.1. The quantitative estimate of drug-likeness (QED) is 0.307. The van der Waals surface area contributed by atoms with Crippen molar-refractivity contribution in [3.05, 3.63) is 0 Å². The first-order chi connectivity index (χ1) is 4.52. The topological polar surface area (TPSA) is 116 Å². The van der Waals surface area contributed by atoms with Gasteiger partial charge in [-0.1, -0.05) is 0 Å². The van der Waals surface area contributed by atoms with Crippen molar-refractivity contribution in [1.82, 2.24) is 0 Å². The SMILES string of the molecule is O=C(OB(O)O)OB(O)O.[LiH].[LiH]. The molecule has 0 unspecified atom stereocenters. The van der Waals surface area contributed by atoms with E-state index in [0.717, 1.165) is 0 Å². The van der Waals surface area contributed by atoms with E-state index in [-0.39, 0.29) is 37.7 Å². The molecular formula is CH6B2Li2O7. The van der Waals surface area contributed by atoms with Crippen LogP contribution in [0.1, 0.15) is 0 Å². The molecule has 0 atom stereocenters. The van der Waals surface area contributed by atoms with Crippen molar-refractivity contribution >= 4 is 58.5 Å². The summed E-state index contributed by atoms with van der Waals surface area (Å²) in [6.45, 7) is 0. The van der Waals surface area contributed by atoms with E-state index < -0.39 is 20.8 Å². The summed E-state index contributed by atoms with van der Waals surface area (Å²) in [7, 11) is -4.66. The minimum absolute atomic E-state index is 0. The first-order valence-corrected chi connectivity index (χ1v) is 2.12. The van der Waals surface area contributed by atoms with Crippen LogP contribution in [0.2, 0.25) is 0 Å². The molecule has 0 heterocycles. The van der Waals surface area contributed by atoms with Gasteiger partial charge in [0.15, 0.2) is 0 Å². The minimum atomic E-state index is -2.33. The van der Waals surface area contributed by atoms with Crippen molar-refractivity contribution < 1.29 is 34.2 Å². The zero-order valence-electron chi connectivity index (χ0n) is 4.67. The predicted octanol–water partition coefficient (Wildman–Crippen LogP) is -4.22. The molecule has 0 aromatic rings. The summed E-state index contributed by atoms with van der Waals surface area (Å²) < 4.78 is 6.98. The molecule has 0 aliphatic rings. The molecule has 0 saturated heterocycles. The molecule has 0 aromatic heterocycles. The molecule has 7 nitrogen and oxygen atoms in total. The number of hydrogen-bond donors (Lipinski definition) is 4. The van der Waals surface area contributed by atoms with Gasteiger partial charge in [0.2, 0.25) is 0 Å². The zero-order chi connectivity index (χ0) is 8.15. The van der Waals surface area contributed by atoms with Crippen molar-refractivity contribution in [2.75, 3.05) is 0 Å². The molecule has 12 heavy (non-hydrogen) atoms. The molecule has 0 aliphatic heterocycles. The van der Waals surface area contributed by atoms with E-state index in [1.807, 2.05) is 0 Å². The molecule has 0 bridgehead atoms. The Morgan fingerprint density at radius 3 is 1.33 bits per heavy atom. The van der Waals surface area contributed by atoms with Crippen LogP contribution in [0.25, 0.3) is 0 Å². The van der Waals surface area contributed by atoms with Crippen LogP contribution in [0, 0.1) is 0 Å². The van der Waals surface area contributed by atoms with Gasteiger partial charge in [-0.15, -0.1) is 0 Å². The average molecular weight is 166 g/mol. The Balaban J connectivity index is -0.000000405. The van der Waals surface area contributed by atoms with Crippen molar-refractivity contribution in [3.63, 3.8) is 0 Å². The standard InChI is InChI=1S/CH4B2O7.2Li.2H/c4-1(9-2(5)6)10-3(7)8;;;;/h5-8H;;;;. The summed E-state index contributed by atoms with van der Waals surface area (Å²) in [4.78, 5) is 9.98. The van der Waals surface area contributed by atoms with Crippen LogP contribution >= 0.6 is 0 Å². The molecule has 0 aromatic carbocycles. The molecule has 0 rings (SSSR count). The molecule has 11 heteroatoms. The van der Waals surface area contributed by atoms with Gasteiger partial charge in [-0.25, -0.2) is 4.79 Å². The van der Waals surface area contributed by atoms with E-state index in [0.29, 0.717) is 0 Å². The summed E-state index contributed by atoms with van der Waals surface area (Å²) >= 11 is 0. The Labute approximate surface area is 92.8 Å². The van der Waals surface area contributed by atoms with Gasteiger partial charge < -0.3 is 29.4 Å². The van der Waals surface area contributed by atoms with Gasteiger partial charge in [0.1, 0.15) is 0 Å². The molecule has 0 spiro atoms. The van der Waals surface area contributed by atoms with Crippen LogP contribution in [-0.2, 0) is 9.31 Å². The third-order valence-corrected chi connectivity index (χ3v) is 0.403.